The first kappa shape index (κ1) is 20.7. The number of anilines is 2. The number of benzene rings is 2. The summed E-state index contributed by atoms with van der Waals surface area (Å²) in [5, 5.41) is 3.59. The average molecular weight is 402 g/mol. The van der Waals surface area contributed by atoms with Crippen LogP contribution < -0.4 is 10.0 Å². The first-order valence-corrected chi connectivity index (χ1v) is 11.4. The molecule has 3 rings (SSSR count). The van der Waals surface area contributed by atoms with Crippen molar-refractivity contribution in [2.75, 3.05) is 30.2 Å². The van der Waals surface area contributed by atoms with Gasteiger partial charge in [-0.15, -0.1) is 0 Å². The Balaban J connectivity index is 1.74. The molecule has 1 heterocycles. The van der Waals surface area contributed by atoms with Crippen LogP contribution in [0.2, 0.25) is 0 Å². The molecule has 0 radical (unpaired) electrons. The van der Waals surface area contributed by atoms with Crippen LogP contribution in [-0.4, -0.2) is 39.5 Å². The molecule has 0 unspecified atom stereocenters. The number of hydrogen-bond acceptors (Lipinski definition) is 4. The van der Waals surface area contributed by atoms with Crippen molar-refractivity contribution in [3.63, 3.8) is 0 Å². The number of likely N-dealkylation sites (tertiary alicyclic amines) is 1. The second-order valence-electron chi connectivity index (χ2n) is 8.08. The van der Waals surface area contributed by atoms with Crippen LogP contribution in [0.25, 0.3) is 0 Å². The van der Waals surface area contributed by atoms with Gasteiger partial charge in [0.1, 0.15) is 0 Å². The van der Waals surface area contributed by atoms with E-state index in [2.05, 4.69) is 35.8 Å². The molecule has 0 saturated carbocycles. The van der Waals surface area contributed by atoms with E-state index in [4.69, 9.17) is 0 Å². The molecule has 0 amide bonds. The van der Waals surface area contributed by atoms with E-state index < -0.39 is 10.0 Å². The lowest BCUT2D eigenvalue weighted by molar-refractivity contribution is 0.264. The van der Waals surface area contributed by atoms with Gasteiger partial charge in [-0.05, 0) is 81.2 Å². The molecular formula is C22H31N3O2S. The summed E-state index contributed by atoms with van der Waals surface area (Å²) in [7, 11) is -1.47. The molecule has 0 atom stereocenters. The zero-order valence-corrected chi connectivity index (χ0v) is 18.0. The minimum Gasteiger partial charge on any atom is -0.382 e. The van der Waals surface area contributed by atoms with Crippen LogP contribution in [0.4, 0.5) is 11.4 Å². The van der Waals surface area contributed by atoms with Gasteiger partial charge < -0.3 is 10.2 Å². The fourth-order valence-corrected chi connectivity index (χ4v) is 4.51. The highest BCUT2D eigenvalue weighted by Crippen LogP contribution is 2.26. The molecule has 6 heteroatoms. The number of hydrogen-bond donors (Lipinski definition) is 2. The number of rotatable bonds is 6. The fraction of sp³-hybridized carbons (Fsp3) is 0.455. The normalized spacial score (nSPS) is 16.3. The third-order valence-corrected chi connectivity index (χ3v) is 6.82. The smallest absolute Gasteiger partial charge is 0.261 e. The SMILES string of the molecule is Cc1ccc(NS(=O)(=O)c2ccc(C(C)C)cc2)cc1NC1CCN(C)CC1. The van der Waals surface area contributed by atoms with Gasteiger partial charge in [-0.25, -0.2) is 8.42 Å². The second kappa shape index (κ2) is 8.53. The molecule has 0 aliphatic carbocycles. The van der Waals surface area contributed by atoms with Crippen molar-refractivity contribution < 1.29 is 8.42 Å². The Bertz CT molecular complexity index is 900. The van der Waals surface area contributed by atoms with Gasteiger partial charge in [0.15, 0.2) is 0 Å². The van der Waals surface area contributed by atoms with Gasteiger partial charge in [-0.1, -0.05) is 32.0 Å². The Morgan fingerprint density at radius 1 is 1.04 bits per heavy atom. The van der Waals surface area contributed by atoms with Crippen molar-refractivity contribution in [3.05, 3.63) is 53.6 Å². The van der Waals surface area contributed by atoms with Crippen LogP contribution in [0.3, 0.4) is 0 Å². The Morgan fingerprint density at radius 3 is 2.29 bits per heavy atom. The zero-order chi connectivity index (χ0) is 20.3. The van der Waals surface area contributed by atoms with Crippen LogP contribution in [0.1, 0.15) is 43.7 Å². The van der Waals surface area contributed by atoms with Crippen molar-refractivity contribution in [2.45, 2.75) is 50.5 Å². The Kier molecular flexibility index (Phi) is 6.30. The van der Waals surface area contributed by atoms with Crippen LogP contribution in [-0.2, 0) is 10.0 Å². The molecule has 1 aliphatic rings. The van der Waals surface area contributed by atoms with E-state index in [0.717, 1.165) is 42.7 Å². The van der Waals surface area contributed by atoms with E-state index in [-0.39, 0.29) is 4.90 Å². The lowest BCUT2D eigenvalue weighted by atomic mass is 10.0. The van der Waals surface area contributed by atoms with E-state index in [0.29, 0.717) is 17.6 Å². The second-order valence-corrected chi connectivity index (χ2v) is 9.76. The standard InChI is InChI=1S/C22H31N3O2S/c1-16(2)18-6-9-21(10-7-18)28(26,27)24-20-8-5-17(3)22(15-20)23-19-11-13-25(4)14-12-19/h5-10,15-16,19,23-24H,11-14H2,1-4H3. The van der Waals surface area contributed by atoms with Gasteiger partial charge >= 0.3 is 0 Å². The number of sulfonamides is 1. The molecule has 152 valence electrons. The summed E-state index contributed by atoms with van der Waals surface area (Å²) >= 11 is 0. The molecule has 1 fully saturated rings. The maximum Gasteiger partial charge on any atom is 0.261 e. The third-order valence-electron chi connectivity index (χ3n) is 5.43. The van der Waals surface area contributed by atoms with Crippen molar-refractivity contribution >= 4 is 21.4 Å². The maximum absolute atomic E-state index is 12.8. The number of aryl methyl sites for hydroxylation is 1. The molecule has 28 heavy (non-hydrogen) atoms. The summed E-state index contributed by atoms with van der Waals surface area (Å²) in [6.07, 6.45) is 2.18. The number of nitrogens with one attached hydrogen (secondary N) is 2. The van der Waals surface area contributed by atoms with Gasteiger partial charge in [0.2, 0.25) is 0 Å². The molecule has 2 aromatic rings. The molecule has 2 N–H and O–H groups in total. The van der Waals surface area contributed by atoms with Crippen LogP contribution in [0.15, 0.2) is 47.4 Å². The molecule has 1 saturated heterocycles. The highest BCUT2D eigenvalue weighted by Gasteiger charge is 2.18. The highest BCUT2D eigenvalue weighted by atomic mass is 32.2. The van der Waals surface area contributed by atoms with Crippen LogP contribution in [0.5, 0.6) is 0 Å². The van der Waals surface area contributed by atoms with Gasteiger partial charge in [-0.2, -0.15) is 0 Å². The van der Waals surface area contributed by atoms with E-state index in [9.17, 15) is 8.42 Å². The Labute approximate surface area is 169 Å². The minimum absolute atomic E-state index is 0.280. The summed E-state index contributed by atoms with van der Waals surface area (Å²) in [5.74, 6) is 0.370. The molecule has 2 aromatic carbocycles. The Morgan fingerprint density at radius 2 is 1.68 bits per heavy atom. The monoisotopic (exact) mass is 401 g/mol. The van der Waals surface area contributed by atoms with Crippen molar-refractivity contribution in [3.8, 4) is 0 Å². The number of nitrogens with zero attached hydrogens (tertiary/aromatic N) is 1. The first-order chi connectivity index (χ1) is 13.2. The topological polar surface area (TPSA) is 61.4 Å². The predicted molar refractivity (Wildman–Crippen MR) is 117 cm³/mol. The molecule has 5 nitrogen and oxygen atoms in total. The minimum atomic E-state index is -3.61. The fourth-order valence-electron chi connectivity index (χ4n) is 3.46. The Hall–Kier alpha value is -2.05. The molecule has 0 bridgehead atoms. The summed E-state index contributed by atoms with van der Waals surface area (Å²) in [5.41, 5.74) is 3.81. The lowest BCUT2D eigenvalue weighted by Crippen LogP contribution is -2.36. The van der Waals surface area contributed by atoms with E-state index in [1.54, 1.807) is 12.1 Å². The third kappa shape index (κ3) is 5.06. The number of piperidine rings is 1. The molecular weight excluding hydrogens is 370 g/mol. The van der Waals surface area contributed by atoms with Crippen LogP contribution in [0, 0.1) is 6.92 Å². The van der Waals surface area contributed by atoms with E-state index in [1.165, 1.54) is 0 Å². The van der Waals surface area contributed by atoms with Gasteiger partial charge in [0.05, 0.1) is 10.6 Å². The van der Waals surface area contributed by atoms with Crippen molar-refractivity contribution in [1.29, 1.82) is 0 Å². The molecule has 0 aromatic heterocycles. The average Bonchev–Trinajstić information content (AvgIpc) is 2.66. The predicted octanol–water partition coefficient (Wildman–Crippen LogP) is 4.43. The summed E-state index contributed by atoms with van der Waals surface area (Å²) < 4.78 is 28.3. The largest absolute Gasteiger partial charge is 0.382 e. The molecule has 1 aliphatic heterocycles. The van der Waals surface area contributed by atoms with Crippen LogP contribution >= 0.6 is 0 Å². The highest BCUT2D eigenvalue weighted by molar-refractivity contribution is 7.92. The maximum atomic E-state index is 12.8. The summed E-state index contributed by atoms with van der Waals surface area (Å²) in [6.45, 7) is 8.38. The van der Waals surface area contributed by atoms with Crippen molar-refractivity contribution in [1.82, 2.24) is 4.90 Å². The summed E-state index contributed by atoms with van der Waals surface area (Å²) in [6, 6.07) is 13.2. The quantitative estimate of drug-likeness (QED) is 0.752. The van der Waals surface area contributed by atoms with E-state index in [1.807, 2.05) is 37.3 Å². The lowest BCUT2D eigenvalue weighted by Gasteiger charge is -2.30. The molecule has 0 spiro atoms. The zero-order valence-electron chi connectivity index (χ0n) is 17.2. The van der Waals surface area contributed by atoms with E-state index >= 15 is 0 Å². The first-order valence-electron chi connectivity index (χ1n) is 9.93. The van der Waals surface area contributed by atoms with Gasteiger partial charge in [0.25, 0.3) is 10.0 Å². The van der Waals surface area contributed by atoms with Crippen molar-refractivity contribution in [2.24, 2.45) is 0 Å². The van der Waals surface area contributed by atoms with Gasteiger partial charge in [-0.3, -0.25) is 4.72 Å². The summed E-state index contributed by atoms with van der Waals surface area (Å²) in [4.78, 5) is 2.61. The van der Waals surface area contributed by atoms with Gasteiger partial charge in [0, 0.05) is 11.7 Å².